The zero-order valence-corrected chi connectivity index (χ0v) is 10.1. The van der Waals surface area contributed by atoms with Gasteiger partial charge in [-0.1, -0.05) is 6.92 Å². The lowest BCUT2D eigenvalue weighted by Crippen LogP contribution is -2.06. The summed E-state index contributed by atoms with van der Waals surface area (Å²) in [6.45, 7) is 5.11. The van der Waals surface area contributed by atoms with E-state index in [1.54, 1.807) is 6.20 Å². The molecule has 1 aromatic heterocycles. The average Bonchev–Trinajstić information content (AvgIpc) is 2.24. The fourth-order valence-corrected chi connectivity index (χ4v) is 1.45. The van der Waals surface area contributed by atoms with Crippen LogP contribution in [0.5, 0.6) is 0 Å². The highest BCUT2D eigenvalue weighted by atomic mass is 35.5. The first-order chi connectivity index (χ1) is 7.22. The van der Waals surface area contributed by atoms with Crippen LogP contribution < -0.4 is 5.32 Å². The Balaban J connectivity index is 2.20. The highest BCUT2D eigenvalue weighted by Gasteiger charge is 1.99. The third-order valence-electron chi connectivity index (χ3n) is 2.23. The average molecular weight is 228 g/mol. The van der Waals surface area contributed by atoms with E-state index in [4.69, 9.17) is 11.6 Å². The SMILES string of the molecule is Cc1cnnc(NCCCC(C)CCl)c1. The first kappa shape index (κ1) is 12.2. The van der Waals surface area contributed by atoms with Gasteiger partial charge in [-0.25, -0.2) is 0 Å². The van der Waals surface area contributed by atoms with E-state index in [1.807, 2.05) is 13.0 Å². The van der Waals surface area contributed by atoms with Gasteiger partial charge in [-0.05, 0) is 37.3 Å². The Bertz CT molecular complexity index is 291. The minimum Gasteiger partial charge on any atom is -0.369 e. The van der Waals surface area contributed by atoms with E-state index in [0.29, 0.717) is 5.92 Å². The second-order valence-corrected chi connectivity index (χ2v) is 4.26. The molecule has 0 fully saturated rings. The highest BCUT2D eigenvalue weighted by Crippen LogP contribution is 2.08. The van der Waals surface area contributed by atoms with Gasteiger partial charge in [-0.15, -0.1) is 16.7 Å². The maximum absolute atomic E-state index is 5.73. The fourth-order valence-electron chi connectivity index (χ4n) is 1.29. The molecule has 0 aliphatic rings. The molecule has 3 nitrogen and oxygen atoms in total. The summed E-state index contributed by atoms with van der Waals surface area (Å²) in [4.78, 5) is 0. The topological polar surface area (TPSA) is 37.8 Å². The van der Waals surface area contributed by atoms with Crippen molar-refractivity contribution in [3.8, 4) is 0 Å². The minimum atomic E-state index is 0.595. The predicted octanol–water partition coefficient (Wildman–Crippen LogP) is 2.85. The summed E-state index contributed by atoms with van der Waals surface area (Å²) in [6.07, 6.45) is 4.01. The van der Waals surface area contributed by atoms with Crippen molar-refractivity contribution >= 4 is 17.4 Å². The van der Waals surface area contributed by atoms with Gasteiger partial charge in [0.25, 0.3) is 0 Å². The molecule has 0 bridgehead atoms. The first-order valence-corrected chi connectivity index (χ1v) is 5.85. The molecule has 0 aliphatic heterocycles. The van der Waals surface area contributed by atoms with E-state index in [0.717, 1.165) is 36.6 Å². The molecule has 1 rings (SSSR count). The molecule has 1 N–H and O–H groups in total. The summed E-state index contributed by atoms with van der Waals surface area (Å²) in [6, 6.07) is 2.00. The van der Waals surface area contributed by atoms with E-state index in [2.05, 4.69) is 22.4 Å². The zero-order valence-electron chi connectivity index (χ0n) is 9.33. The van der Waals surface area contributed by atoms with Gasteiger partial charge >= 0.3 is 0 Å². The largest absolute Gasteiger partial charge is 0.369 e. The number of halogens is 1. The number of aryl methyl sites for hydroxylation is 1. The lowest BCUT2D eigenvalue weighted by atomic mass is 10.1. The molecule has 84 valence electrons. The second kappa shape index (κ2) is 6.62. The van der Waals surface area contributed by atoms with Gasteiger partial charge in [0.1, 0.15) is 5.82 Å². The molecule has 15 heavy (non-hydrogen) atoms. The minimum absolute atomic E-state index is 0.595. The molecule has 0 radical (unpaired) electrons. The summed E-state index contributed by atoms with van der Waals surface area (Å²) in [5.41, 5.74) is 1.13. The molecule has 0 saturated carbocycles. The molecule has 1 unspecified atom stereocenters. The smallest absolute Gasteiger partial charge is 0.148 e. The first-order valence-electron chi connectivity index (χ1n) is 5.31. The monoisotopic (exact) mass is 227 g/mol. The Labute approximate surface area is 96.2 Å². The van der Waals surface area contributed by atoms with Crippen LogP contribution in [-0.4, -0.2) is 22.6 Å². The number of nitrogens with zero attached hydrogens (tertiary/aromatic N) is 2. The van der Waals surface area contributed by atoms with Crippen molar-refractivity contribution in [2.75, 3.05) is 17.7 Å². The zero-order chi connectivity index (χ0) is 11.1. The second-order valence-electron chi connectivity index (χ2n) is 3.95. The molecule has 1 aromatic rings. The third kappa shape index (κ3) is 4.98. The summed E-state index contributed by atoms with van der Waals surface area (Å²) in [7, 11) is 0. The maximum Gasteiger partial charge on any atom is 0.148 e. The van der Waals surface area contributed by atoms with Gasteiger partial charge in [0, 0.05) is 12.4 Å². The van der Waals surface area contributed by atoms with E-state index in [1.165, 1.54) is 0 Å². The van der Waals surface area contributed by atoms with Crippen molar-refractivity contribution in [1.29, 1.82) is 0 Å². The van der Waals surface area contributed by atoms with Crippen LogP contribution >= 0.6 is 11.6 Å². The van der Waals surface area contributed by atoms with Crippen molar-refractivity contribution in [1.82, 2.24) is 10.2 Å². The molecule has 1 heterocycles. The molecule has 0 aromatic carbocycles. The van der Waals surface area contributed by atoms with Crippen LogP contribution in [0.2, 0.25) is 0 Å². The van der Waals surface area contributed by atoms with E-state index >= 15 is 0 Å². The third-order valence-corrected chi connectivity index (χ3v) is 2.76. The number of anilines is 1. The van der Waals surface area contributed by atoms with Crippen LogP contribution in [0, 0.1) is 12.8 Å². The van der Waals surface area contributed by atoms with Gasteiger partial charge in [0.15, 0.2) is 0 Å². The number of aromatic nitrogens is 2. The van der Waals surface area contributed by atoms with E-state index in [9.17, 15) is 0 Å². The lowest BCUT2D eigenvalue weighted by molar-refractivity contribution is 0.572. The van der Waals surface area contributed by atoms with Gasteiger partial charge in [0.2, 0.25) is 0 Å². The molecule has 0 spiro atoms. The summed E-state index contributed by atoms with van der Waals surface area (Å²) in [5, 5.41) is 11.1. The molecule has 1 atom stereocenters. The Hall–Kier alpha value is -0.830. The summed E-state index contributed by atoms with van der Waals surface area (Å²) >= 11 is 5.73. The van der Waals surface area contributed by atoms with Crippen LogP contribution in [0.15, 0.2) is 12.3 Å². The van der Waals surface area contributed by atoms with Crippen LogP contribution in [0.4, 0.5) is 5.82 Å². The Kier molecular flexibility index (Phi) is 5.40. The van der Waals surface area contributed by atoms with Crippen molar-refractivity contribution < 1.29 is 0 Å². The van der Waals surface area contributed by atoms with Gasteiger partial charge in [-0.2, -0.15) is 5.10 Å². The molecular weight excluding hydrogens is 210 g/mol. The fraction of sp³-hybridized carbons (Fsp3) is 0.636. The standard InChI is InChI=1S/C11H18ClN3/c1-9(7-12)4-3-5-13-11-6-10(2)8-14-15-11/h6,8-9H,3-5,7H2,1-2H3,(H,13,15). The Morgan fingerprint density at radius 2 is 2.33 bits per heavy atom. The number of rotatable bonds is 6. The van der Waals surface area contributed by atoms with Crippen LogP contribution in [0.25, 0.3) is 0 Å². The van der Waals surface area contributed by atoms with Crippen molar-refractivity contribution in [3.05, 3.63) is 17.8 Å². The van der Waals surface area contributed by atoms with Gasteiger partial charge in [0.05, 0.1) is 6.20 Å². The highest BCUT2D eigenvalue weighted by molar-refractivity contribution is 6.18. The normalized spacial score (nSPS) is 12.5. The van der Waals surface area contributed by atoms with Gasteiger partial charge < -0.3 is 5.32 Å². The van der Waals surface area contributed by atoms with Crippen LogP contribution in [-0.2, 0) is 0 Å². The molecule has 4 heteroatoms. The van der Waals surface area contributed by atoms with Gasteiger partial charge in [-0.3, -0.25) is 0 Å². The molecule has 0 aliphatic carbocycles. The van der Waals surface area contributed by atoms with Crippen molar-refractivity contribution in [3.63, 3.8) is 0 Å². The lowest BCUT2D eigenvalue weighted by Gasteiger charge is -2.08. The van der Waals surface area contributed by atoms with Crippen LogP contribution in [0.3, 0.4) is 0 Å². The Morgan fingerprint density at radius 3 is 3.00 bits per heavy atom. The van der Waals surface area contributed by atoms with Crippen LogP contribution in [0.1, 0.15) is 25.3 Å². The Morgan fingerprint density at radius 1 is 1.53 bits per heavy atom. The number of hydrogen-bond acceptors (Lipinski definition) is 3. The van der Waals surface area contributed by atoms with E-state index in [-0.39, 0.29) is 0 Å². The van der Waals surface area contributed by atoms with E-state index < -0.39 is 0 Å². The number of hydrogen-bond donors (Lipinski definition) is 1. The maximum atomic E-state index is 5.73. The molecular formula is C11H18ClN3. The number of alkyl halides is 1. The quantitative estimate of drug-likeness (QED) is 0.600. The number of nitrogens with one attached hydrogen (secondary N) is 1. The summed E-state index contributed by atoms with van der Waals surface area (Å²) in [5.74, 6) is 2.19. The molecule has 0 amide bonds. The summed E-state index contributed by atoms with van der Waals surface area (Å²) < 4.78 is 0. The predicted molar refractivity (Wildman–Crippen MR) is 64.4 cm³/mol. The van der Waals surface area contributed by atoms with Crippen molar-refractivity contribution in [2.45, 2.75) is 26.7 Å². The van der Waals surface area contributed by atoms with Crippen molar-refractivity contribution in [2.24, 2.45) is 5.92 Å². The molecule has 0 saturated heterocycles.